The molecule has 1 amide bonds. The molecule has 24 heavy (non-hydrogen) atoms. The molecule has 1 N–H and O–H groups in total. The number of anilines is 1. The number of carbonyl (C=O) groups excluding carboxylic acids is 1. The van der Waals surface area contributed by atoms with Crippen molar-refractivity contribution in [2.75, 3.05) is 18.5 Å². The van der Waals surface area contributed by atoms with E-state index in [1.165, 1.54) is 17.5 Å². The third kappa shape index (κ3) is 3.53. The van der Waals surface area contributed by atoms with E-state index in [1.807, 2.05) is 19.9 Å². The van der Waals surface area contributed by atoms with Gasteiger partial charge in [-0.25, -0.2) is 0 Å². The van der Waals surface area contributed by atoms with Crippen molar-refractivity contribution in [3.05, 3.63) is 53.1 Å². The number of benzene rings is 2. The Bertz CT molecular complexity index is 740. The van der Waals surface area contributed by atoms with Crippen molar-refractivity contribution in [2.45, 2.75) is 33.1 Å². The predicted molar refractivity (Wildman–Crippen MR) is 95.2 cm³/mol. The molecule has 2 aromatic carbocycles. The van der Waals surface area contributed by atoms with Crippen molar-refractivity contribution in [1.82, 2.24) is 0 Å². The quantitative estimate of drug-likeness (QED) is 0.865. The number of ether oxygens (including phenoxy) is 2. The standard InChI is InChI=1S/C20H23NO3/c1-3-23-18-11-9-16(13-19(18)24-4-2)20(22)21-17-10-8-14-6-5-7-15(14)12-17/h8-13H,3-7H2,1-2H3,(H,21,22). The summed E-state index contributed by atoms with van der Waals surface area (Å²) in [6.45, 7) is 4.91. The van der Waals surface area contributed by atoms with Crippen molar-refractivity contribution >= 4 is 11.6 Å². The molecule has 126 valence electrons. The van der Waals surface area contributed by atoms with Crippen LogP contribution in [0.5, 0.6) is 11.5 Å². The first-order valence-corrected chi connectivity index (χ1v) is 8.54. The number of nitrogens with one attached hydrogen (secondary N) is 1. The number of hydrogen-bond acceptors (Lipinski definition) is 3. The van der Waals surface area contributed by atoms with E-state index in [2.05, 4.69) is 17.4 Å². The minimum Gasteiger partial charge on any atom is -0.490 e. The van der Waals surface area contributed by atoms with Crippen LogP contribution in [0.4, 0.5) is 5.69 Å². The Kier molecular flexibility index (Phi) is 5.04. The Hall–Kier alpha value is -2.49. The molecule has 0 unspecified atom stereocenters. The van der Waals surface area contributed by atoms with Gasteiger partial charge in [-0.1, -0.05) is 6.07 Å². The van der Waals surface area contributed by atoms with E-state index in [0.29, 0.717) is 30.3 Å². The van der Waals surface area contributed by atoms with E-state index in [1.54, 1.807) is 18.2 Å². The molecule has 3 rings (SSSR count). The molecule has 1 aliphatic rings. The van der Waals surface area contributed by atoms with Crippen LogP contribution < -0.4 is 14.8 Å². The molecular formula is C20H23NO3. The minimum absolute atomic E-state index is 0.142. The molecule has 0 aliphatic heterocycles. The fourth-order valence-corrected chi connectivity index (χ4v) is 3.05. The van der Waals surface area contributed by atoms with Gasteiger partial charge >= 0.3 is 0 Å². The van der Waals surface area contributed by atoms with Crippen molar-refractivity contribution in [3.8, 4) is 11.5 Å². The zero-order valence-corrected chi connectivity index (χ0v) is 14.2. The van der Waals surface area contributed by atoms with E-state index in [9.17, 15) is 4.79 Å². The molecule has 2 aromatic rings. The summed E-state index contributed by atoms with van der Waals surface area (Å²) in [4.78, 5) is 12.5. The van der Waals surface area contributed by atoms with Crippen molar-refractivity contribution in [1.29, 1.82) is 0 Å². The Morgan fingerprint density at radius 1 is 0.958 bits per heavy atom. The Balaban J connectivity index is 1.78. The first kappa shape index (κ1) is 16.4. The van der Waals surface area contributed by atoms with Crippen LogP contribution in [0.2, 0.25) is 0 Å². The zero-order chi connectivity index (χ0) is 16.9. The van der Waals surface area contributed by atoms with Gasteiger partial charge in [0.15, 0.2) is 11.5 Å². The van der Waals surface area contributed by atoms with E-state index in [0.717, 1.165) is 18.5 Å². The first-order chi connectivity index (χ1) is 11.7. The Morgan fingerprint density at radius 2 is 1.71 bits per heavy atom. The smallest absolute Gasteiger partial charge is 0.255 e. The van der Waals surface area contributed by atoms with Gasteiger partial charge in [-0.2, -0.15) is 0 Å². The lowest BCUT2D eigenvalue weighted by molar-refractivity contribution is 0.102. The molecule has 0 atom stereocenters. The molecule has 0 saturated carbocycles. The predicted octanol–water partition coefficient (Wildman–Crippen LogP) is 4.23. The van der Waals surface area contributed by atoms with Gasteiger partial charge in [0, 0.05) is 11.3 Å². The SMILES string of the molecule is CCOc1ccc(C(=O)Nc2ccc3c(c2)CCC3)cc1OCC. The molecule has 0 spiro atoms. The lowest BCUT2D eigenvalue weighted by Crippen LogP contribution is -2.12. The first-order valence-electron chi connectivity index (χ1n) is 8.54. The Labute approximate surface area is 142 Å². The number of fused-ring (bicyclic) bond motifs is 1. The van der Waals surface area contributed by atoms with E-state index < -0.39 is 0 Å². The Morgan fingerprint density at radius 3 is 2.50 bits per heavy atom. The van der Waals surface area contributed by atoms with Crippen LogP contribution in [0.1, 0.15) is 41.8 Å². The normalized spacial score (nSPS) is 12.6. The summed E-state index contributed by atoms with van der Waals surface area (Å²) >= 11 is 0. The highest BCUT2D eigenvalue weighted by Crippen LogP contribution is 2.29. The maximum Gasteiger partial charge on any atom is 0.255 e. The molecule has 0 aromatic heterocycles. The molecule has 0 radical (unpaired) electrons. The minimum atomic E-state index is -0.142. The fraction of sp³-hybridized carbons (Fsp3) is 0.350. The molecule has 0 fully saturated rings. The van der Waals surface area contributed by atoms with Gasteiger partial charge in [0.2, 0.25) is 0 Å². The second kappa shape index (κ2) is 7.39. The van der Waals surface area contributed by atoms with Crippen LogP contribution in [0, 0.1) is 0 Å². The molecular weight excluding hydrogens is 302 g/mol. The van der Waals surface area contributed by atoms with E-state index in [-0.39, 0.29) is 5.91 Å². The van der Waals surface area contributed by atoms with Gasteiger partial charge in [-0.15, -0.1) is 0 Å². The summed E-state index contributed by atoms with van der Waals surface area (Å²) < 4.78 is 11.1. The highest BCUT2D eigenvalue weighted by Gasteiger charge is 2.14. The third-order valence-corrected chi connectivity index (χ3v) is 4.16. The number of amides is 1. The lowest BCUT2D eigenvalue weighted by atomic mass is 10.1. The van der Waals surface area contributed by atoms with Crippen LogP contribution in [-0.4, -0.2) is 19.1 Å². The number of aryl methyl sites for hydroxylation is 2. The average molecular weight is 325 g/mol. The third-order valence-electron chi connectivity index (χ3n) is 4.16. The largest absolute Gasteiger partial charge is 0.490 e. The number of carbonyl (C=O) groups is 1. The number of hydrogen-bond donors (Lipinski definition) is 1. The van der Waals surface area contributed by atoms with Gasteiger partial charge in [0.05, 0.1) is 13.2 Å². The van der Waals surface area contributed by atoms with E-state index >= 15 is 0 Å². The van der Waals surface area contributed by atoms with Crippen molar-refractivity contribution in [3.63, 3.8) is 0 Å². The van der Waals surface area contributed by atoms with Crippen molar-refractivity contribution in [2.24, 2.45) is 0 Å². The summed E-state index contributed by atoms with van der Waals surface area (Å²) in [5.74, 6) is 1.12. The summed E-state index contributed by atoms with van der Waals surface area (Å²) in [6.07, 6.45) is 3.43. The topological polar surface area (TPSA) is 47.6 Å². The second-order valence-corrected chi connectivity index (χ2v) is 5.82. The maximum atomic E-state index is 12.5. The second-order valence-electron chi connectivity index (χ2n) is 5.82. The van der Waals surface area contributed by atoms with Gasteiger partial charge in [-0.05, 0) is 74.6 Å². The van der Waals surface area contributed by atoms with Gasteiger partial charge in [-0.3, -0.25) is 4.79 Å². The molecule has 4 nitrogen and oxygen atoms in total. The van der Waals surface area contributed by atoms with Crippen molar-refractivity contribution < 1.29 is 14.3 Å². The molecule has 4 heteroatoms. The fourth-order valence-electron chi connectivity index (χ4n) is 3.05. The molecule has 0 heterocycles. The van der Waals surface area contributed by atoms with Gasteiger partial charge in [0.25, 0.3) is 5.91 Å². The zero-order valence-electron chi connectivity index (χ0n) is 14.2. The van der Waals surface area contributed by atoms with Crippen LogP contribution in [-0.2, 0) is 12.8 Å². The molecule has 0 saturated heterocycles. The average Bonchev–Trinajstić information content (AvgIpc) is 3.04. The molecule has 0 bridgehead atoms. The van der Waals surface area contributed by atoms with Crippen LogP contribution >= 0.6 is 0 Å². The highest BCUT2D eigenvalue weighted by atomic mass is 16.5. The summed E-state index contributed by atoms with van der Waals surface area (Å²) in [7, 11) is 0. The van der Waals surface area contributed by atoms with Crippen LogP contribution in [0.3, 0.4) is 0 Å². The van der Waals surface area contributed by atoms with Gasteiger partial charge in [0.1, 0.15) is 0 Å². The summed E-state index contributed by atoms with van der Waals surface area (Å²) in [5, 5.41) is 2.97. The van der Waals surface area contributed by atoms with Crippen LogP contribution in [0.15, 0.2) is 36.4 Å². The van der Waals surface area contributed by atoms with E-state index in [4.69, 9.17) is 9.47 Å². The maximum absolute atomic E-state index is 12.5. The van der Waals surface area contributed by atoms with Gasteiger partial charge < -0.3 is 14.8 Å². The highest BCUT2D eigenvalue weighted by molar-refractivity contribution is 6.04. The number of rotatable bonds is 6. The monoisotopic (exact) mass is 325 g/mol. The lowest BCUT2D eigenvalue weighted by Gasteiger charge is -2.13. The summed E-state index contributed by atoms with van der Waals surface area (Å²) in [5.41, 5.74) is 4.14. The molecule has 1 aliphatic carbocycles. The van der Waals surface area contributed by atoms with Crippen LogP contribution in [0.25, 0.3) is 0 Å². The summed E-state index contributed by atoms with van der Waals surface area (Å²) in [6, 6.07) is 11.4.